The summed E-state index contributed by atoms with van der Waals surface area (Å²) < 4.78 is 5.88. The Labute approximate surface area is 361 Å². The van der Waals surface area contributed by atoms with E-state index in [1.807, 2.05) is 52.0 Å². The molecule has 5 N–H and O–H groups in total. The van der Waals surface area contributed by atoms with Crippen LogP contribution in [0.3, 0.4) is 0 Å². The lowest BCUT2D eigenvalue weighted by atomic mass is 9.84. The topological polar surface area (TPSA) is 188 Å². The molecule has 0 unspecified atom stereocenters. The third-order valence-electron chi connectivity index (χ3n) is 11.0. The van der Waals surface area contributed by atoms with Crippen LogP contribution in [0.15, 0.2) is 29.6 Å². The van der Waals surface area contributed by atoms with Crippen molar-refractivity contribution in [3.8, 4) is 0 Å². The molecule has 1 aliphatic rings. The van der Waals surface area contributed by atoms with Crippen molar-refractivity contribution in [1.82, 2.24) is 26.0 Å². The number of carbonyl (C=O) groups excluding carboxylic acids is 4. The largest absolute Gasteiger partial charge is 0.481 e. The number of nitrogens with zero attached hydrogens (tertiary/aromatic N) is 2. The quantitative estimate of drug-likeness (QED) is 0.0379. The number of benzene rings is 1. The van der Waals surface area contributed by atoms with E-state index in [1.54, 1.807) is 19.2 Å². The number of amides is 3. The van der Waals surface area contributed by atoms with Gasteiger partial charge in [-0.2, -0.15) is 0 Å². The minimum Gasteiger partial charge on any atom is -0.481 e. The first kappa shape index (κ1) is 50.3. The second-order valence-corrected chi connectivity index (χ2v) is 18.4. The lowest BCUT2D eigenvalue weighted by molar-refractivity contribution is -0.213. The fourth-order valence-corrected chi connectivity index (χ4v) is 8.12. The van der Waals surface area contributed by atoms with Gasteiger partial charge in [0, 0.05) is 36.5 Å². The average Bonchev–Trinajstić information content (AvgIpc) is 3.69. The Morgan fingerprint density at radius 1 is 1.02 bits per heavy atom. The Morgan fingerprint density at radius 3 is 2.28 bits per heavy atom. The summed E-state index contributed by atoms with van der Waals surface area (Å²) in [5.41, 5.74) is 0.868. The van der Waals surface area contributed by atoms with Crippen molar-refractivity contribution in [3.05, 3.63) is 45.9 Å². The third-order valence-corrected chi connectivity index (χ3v) is 12.0. The second-order valence-electron chi connectivity index (χ2n) is 17.6. The Kier molecular flexibility index (Phi) is 20.4. The van der Waals surface area contributed by atoms with Crippen molar-refractivity contribution < 1.29 is 38.7 Å². The van der Waals surface area contributed by atoms with Crippen LogP contribution < -0.4 is 21.3 Å². The molecular weight excluding hydrogens is 785 g/mol. The Morgan fingerprint density at radius 2 is 1.72 bits per heavy atom. The van der Waals surface area contributed by atoms with Crippen molar-refractivity contribution in [1.29, 1.82) is 0 Å². The monoisotopic (exact) mass is 857 g/mol. The summed E-state index contributed by atoms with van der Waals surface area (Å²) in [5.74, 6) is -2.97. The number of hydrogen-bond donors (Lipinski definition) is 5. The number of anilines is 1. The van der Waals surface area contributed by atoms with Gasteiger partial charge in [-0.05, 0) is 95.9 Å². The highest BCUT2D eigenvalue weighted by Gasteiger charge is 2.39. The highest BCUT2D eigenvalue weighted by Crippen LogP contribution is 2.32. The highest BCUT2D eigenvalue weighted by molar-refractivity contribution is 7.09. The zero-order chi connectivity index (χ0) is 44.6. The predicted octanol–water partition coefficient (Wildman–Crippen LogP) is 7.45. The van der Waals surface area contributed by atoms with Gasteiger partial charge in [0.05, 0.1) is 24.1 Å². The van der Waals surface area contributed by atoms with Crippen LogP contribution in [-0.4, -0.2) is 88.2 Å². The minimum atomic E-state index is -1.12. The number of hydroxylamine groups is 2. The van der Waals surface area contributed by atoms with Gasteiger partial charge in [-0.3, -0.25) is 28.8 Å². The summed E-state index contributed by atoms with van der Waals surface area (Å²) in [4.78, 5) is 77.8. The zero-order valence-corrected chi connectivity index (χ0v) is 38.4. The standard InChI is InChI=1S/C45H72N6O8S/c1-11-13-16-23-58-51(43(55)39(30(7)12-2)50-40(53)35-17-14-15-22-46-35)37(28(3)4)25-38(59-31(8)52)42-49-36(27-60-42)41(54)48-34(26-45(9,10)44(56)57)24-32-18-20-33(21-19-32)47-29(5)6/h18-21,27-30,34-35,37-39,46-47H,11-17,22-26H2,1-10H3,(H,48,54)(H,50,53)(H,56,57)/t30-,34-,35+,37+,38+,39-/m0/s1. The number of carboxylic acid groups (broad SMARTS) is 1. The number of carbonyl (C=O) groups is 5. The summed E-state index contributed by atoms with van der Waals surface area (Å²) in [5, 5.41) is 26.0. The van der Waals surface area contributed by atoms with Crippen LogP contribution in [0.4, 0.5) is 5.69 Å². The fraction of sp³-hybridized carbons (Fsp3) is 0.689. The molecule has 1 aromatic heterocycles. The van der Waals surface area contributed by atoms with Crippen molar-refractivity contribution in [3.63, 3.8) is 0 Å². The highest BCUT2D eigenvalue weighted by atomic mass is 32.1. The average molecular weight is 857 g/mol. The molecule has 0 aliphatic carbocycles. The molecule has 0 spiro atoms. The number of rotatable bonds is 25. The molecule has 3 amide bonds. The van der Waals surface area contributed by atoms with E-state index < -0.39 is 47.5 Å². The number of esters is 1. The molecule has 3 rings (SSSR count). The number of aliphatic carboxylic acids is 1. The van der Waals surface area contributed by atoms with E-state index in [0.717, 1.165) is 61.2 Å². The van der Waals surface area contributed by atoms with E-state index >= 15 is 0 Å². The van der Waals surface area contributed by atoms with E-state index in [1.165, 1.54) is 12.0 Å². The van der Waals surface area contributed by atoms with Crippen LogP contribution >= 0.6 is 11.3 Å². The molecule has 1 fully saturated rings. The third kappa shape index (κ3) is 15.7. The molecule has 2 aromatic rings. The molecule has 0 bridgehead atoms. The molecule has 1 saturated heterocycles. The SMILES string of the molecule is CCCCCON(C(=O)[C@@H](NC(=O)[C@H]1CCCCN1)[C@@H](C)CC)[C@H](C[C@@H](OC(C)=O)c1nc(C(=O)N[C@@H](Cc2ccc(NC(C)C)cc2)CC(C)(C)C(=O)O)cs1)C(C)C. The first-order chi connectivity index (χ1) is 28.4. The molecule has 0 saturated carbocycles. The number of unbranched alkanes of at least 4 members (excludes halogenated alkanes) is 2. The van der Waals surface area contributed by atoms with Crippen LogP contribution in [0.1, 0.15) is 154 Å². The summed E-state index contributed by atoms with van der Waals surface area (Å²) >= 11 is 1.16. The summed E-state index contributed by atoms with van der Waals surface area (Å²) in [6.07, 6.45) is 5.61. The van der Waals surface area contributed by atoms with Gasteiger partial charge < -0.3 is 31.1 Å². The molecular formula is C45H72N6O8S. The van der Waals surface area contributed by atoms with Crippen LogP contribution in [-0.2, 0) is 35.2 Å². The smallest absolute Gasteiger partial charge is 0.309 e. The molecule has 2 heterocycles. The number of piperidine rings is 1. The first-order valence-corrected chi connectivity index (χ1v) is 22.8. The number of thiazole rings is 1. The minimum absolute atomic E-state index is 0.0995. The van der Waals surface area contributed by atoms with Gasteiger partial charge in [-0.1, -0.05) is 72.4 Å². The van der Waals surface area contributed by atoms with Gasteiger partial charge in [0.15, 0.2) is 6.10 Å². The Hall–Kier alpha value is -4.08. The van der Waals surface area contributed by atoms with Crippen LogP contribution in [0.2, 0.25) is 0 Å². The predicted molar refractivity (Wildman–Crippen MR) is 235 cm³/mol. The van der Waals surface area contributed by atoms with Gasteiger partial charge in [0.2, 0.25) is 5.91 Å². The number of aromatic nitrogens is 1. The first-order valence-electron chi connectivity index (χ1n) is 21.9. The summed E-state index contributed by atoms with van der Waals surface area (Å²) in [7, 11) is 0. The van der Waals surface area contributed by atoms with Crippen LogP contribution in [0.5, 0.6) is 0 Å². The number of ether oxygens (including phenoxy) is 1. The van der Waals surface area contributed by atoms with Crippen LogP contribution in [0, 0.1) is 17.3 Å². The maximum absolute atomic E-state index is 14.7. The van der Waals surface area contributed by atoms with E-state index in [0.29, 0.717) is 24.3 Å². The van der Waals surface area contributed by atoms with Gasteiger partial charge in [0.25, 0.3) is 11.8 Å². The van der Waals surface area contributed by atoms with Gasteiger partial charge in [-0.15, -0.1) is 11.3 Å². The van der Waals surface area contributed by atoms with Crippen molar-refractivity contribution in [2.75, 3.05) is 18.5 Å². The molecule has 1 aromatic carbocycles. The van der Waals surface area contributed by atoms with E-state index in [2.05, 4.69) is 47.0 Å². The van der Waals surface area contributed by atoms with Crippen molar-refractivity contribution in [2.24, 2.45) is 17.3 Å². The number of nitrogens with one attached hydrogen (secondary N) is 4. The molecule has 60 heavy (non-hydrogen) atoms. The fourth-order valence-electron chi connectivity index (χ4n) is 7.28. The molecule has 336 valence electrons. The molecule has 14 nitrogen and oxygen atoms in total. The van der Waals surface area contributed by atoms with Crippen molar-refractivity contribution in [2.45, 2.75) is 170 Å². The lowest BCUT2D eigenvalue weighted by Gasteiger charge is -2.38. The zero-order valence-electron chi connectivity index (χ0n) is 37.6. The van der Waals surface area contributed by atoms with Crippen LogP contribution in [0.25, 0.3) is 0 Å². The Balaban J connectivity index is 1.92. The van der Waals surface area contributed by atoms with Gasteiger partial charge in [-0.25, -0.2) is 10.0 Å². The number of carboxylic acids is 1. The molecule has 15 heteroatoms. The number of hydrogen-bond acceptors (Lipinski definition) is 11. The second kappa shape index (κ2) is 24.4. The maximum atomic E-state index is 14.7. The summed E-state index contributed by atoms with van der Waals surface area (Å²) in [6, 6.07) is 5.73. The van der Waals surface area contributed by atoms with E-state index in [4.69, 9.17) is 9.57 Å². The molecule has 1 aliphatic heterocycles. The van der Waals surface area contributed by atoms with Gasteiger partial charge >= 0.3 is 11.9 Å². The normalized spacial score (nSPS) is 17.0. The molecule has 6 atom stereocenters. The van der Waals surface area contributed by atoms with Gasteiger partial charge in [0.1, 0.15) is 16.7 Å². The lowest BCUT2D eigenvalue weighted by Crippen LogP contribution is -2.58. The van der Waals surface area contributed by atoms with E-state index in [-0.39, 0.29) is 60.9 Å². The van der Waals surface area contributed by atoms with E-state index in [9.17, 15) is 29.1 Å². The Bertz CT molecular complexity index is 1680. The maximum Gasteiger partial charge on any atom is 0.309 e. The molecule has 0 radical (unpaired) electrons. The summed E-state index contributed by atoms with van der Waals surface area (Å²) in [6.45, 7) is 19.6. The van der Waals surface area contributed by atoms with Crippen molar-refractivity contribution >= 4 is 46.7 Å².